The molecular formula is C15H26N2OSi. The van der Waals surface area contributed by atoms with Crippen molar-refractivity contribution in [2.75, 3.05) is 13.1 Å². The zero-order valence-corrected chi connectivity index (χ0v) is 13.3. The van der Waals surface area contributed by atoms with Crippen molar-refractivity contribution in [3.05, 3.63) is 29.8 Å². The van der Waals surface area contributed by atoms with Crippen molar-refractivity contribution in [2.45, 2.75) is 38.5 Å². The molecule has 2 rings (SSSR count). The summed E-state index contributed by atoms with van der Waals surface area (Å²) >= 11 is 0. The first-order valence-corrected chi connectivity index (χ1v) is 10.6. The molecule has 0 spiro atoms. The number of benzene rings is 1. The molecule has 0 radical (unpaired) electrons. The molecule has 0 aromatic heterocycles. The summed E-state index contributed by atoms with van der Waals surface area (Å²) in [5.41, 5.74) is 7.62. The van der Waals surface area contributed by atoms with Crippen LogP contribution in [0.2, 0.25) is 19.6 Å². The molecule has 1 atom stereocenters. The predicted octanol–water partition coefficient (Wildman–Crippen LogP) is 2.90. The minimum atomic E-state index is -1.51. The van der Waals surface area contributed by atoms with Gasteiger partial charge in [0.2, 0.25) is 8.32 Å². The van der Waals surface area contributed by atoms with Gasteiger partial charge in [-0.05, 0) is 69.2 Å². The van der Waals surface area contributed by atoms with Crippen LogP contribution in [-0.2, 0) is 0 Å². The van der Waals surface area contributed by atoms with Crippen LogP contribution in [0.1, 0.15) is 24.4 Å². The van der Waals surface area contributed by atoms with Gasteiger partial charge in [0.15, 0.2) is 0 Å². The van der Waals surface area contributed by atoms with Crippen molar-refractivity contribution in [1.82, 2.24) is 5.32 Å². The summed E-state index contributed by atoms with van der Waals surface area (Å²) in [6.45, 7) is 8.77. The summed E-state index contributed by atoms with van der Waals surface area (Å²) < 4.78 is 5.97. The molecule has 0 amide bonds. The van der Waals surface area contributed by atoms with Gasteiger partial charge in [-0.3, -0.25) is 0 Å². The van der Waals surface area contributed by atoms with Crippen LogP contribution in [0.4, 0.5) is 0 Å². The van der Waals surface area contributed by atoms with Gasteiger partial charge in [0, 0.05) is 6.04 Å². The predicted molar refractivity (Wildman–Crippen MR) is 82.9 cm³/mol. The van der Waals surface area contributed by atoms with Crippen molar-refractivity contribution in [2.24, 2.45) is 11.7 Å². The molecule has 4 heteroatoms. The quantitative estimate of drug-likeness (QED) is 0.833. The second-order valence-corrected chi connectivity index (χ2v) is 10.8. The normalized spacial score (nSPS) is 19.2. The maximum Gasteiger partial charge on any atom is 0.242 e. The monoisotopic (exact) mass is 278 g/mol. The molecule has 0 saturated carbocycles. The standard InChI is InChI=1S/C15H26N2OSi/c1-19(2,3)18-14-6-4-12(5-7-14)15(16)13-8-10-17-11-9-13/h4-7,13,15,17H,8-11,16H2,1-3H3/t15-/m0/s1. The van der Waals surface area contributed by atoms with Gasteiger partial charge in [-0.15, -0.1) is 0 Å². The van der Waals surface area contributed by atoms with Crippen LogP contribution in [0.25, 0.3) is 0 Å². The first kappa shape index (κ1) is 14.6. The Morgan fingerprint density at radius 2 is 1.74 bits per heavy atom. The number of hydrogen-bond donors (Lipinski definition) is 2. The summed E-state index contributed by atoms with van der Waals surface area (Å²) in [5.74, 6) is 1.57. The van der Waals surface area contributed by atoms with E-state index in [1.54, 1.807) is 0 Å². The number of nitrogens with one attached hydrogen (secondary N) is 1. The molecule has 3 N–H and O–H groups in total. The summed E-state index contributed by atoms with van der Waals surface area (Å²) in [6, 6.07) is 8.54. The Labute approximate surface area is 117 Å². The van der Waals surface area contributed by atoms with E-state index in [-0.39, 0.29) is 6.04 Å². The Morgan fingerprint density at radius 1 is 1.16 bits per heavy atom. The highest BCUT2D eigenvalue weighted by Gasteiger charge is 2.22. The highest BCUT2D eigenvalue weighted by Crippen LogP contribution is 2.28. The SMILES string of the molecule is C[Si](C)(C)Oc1ccc([C@H](N)C2CCNCC2)cc1. The minimum absolute atomic E-state index is 0.156. The summed E-state index contributed by atoms with van der Waals surface area (Å²) in [5, 5.41) is 3.38. The van der Waals surface area contributed by atoms with Gasteiger partial charge in [0.25, 0.3) is 0 Å². The lowest BCUT2D eigenvalue weighted by molar-refractivity contribution is 0.322. The van der Waals surface area contributed by atoms with Crippen LogP contribution in [0, 0.1) is 5.92 Å². The zero-order chi connectivity index (χ0) is 13.9. The van der Waals surface area contributed by atoms with E-state index in [4.69, 9.17) is 10.2 Å². The maximum absolute atomic E-state index is 6.39. The van der Waals surface area contributed by atoms with Crippen molar-refractivity contribution in [3.63, 3.8) is 0 Å². The highest BCUT2D eigenvalue weighted by molar-refractivity contribution is 6.70. The topological polar surface area (TPSA) is 47.3 Å². The van der Waals surface area contributed by atoms with Crippen molar-refractivity contribution < 1.29 is 4.43 Å². The van der Waals surface area contributed by atoms with Gasteiger partial charge < -0.3 is 15.5 Å². The zero-order valence-electron chi connectivity index (χ0n) is 12.3. The molecule has 0 unspecified atom stereocenters. The van der Waals surface area contributed by atoms with E-state index >= 15 is 0 Å². The number of piperidine rings is 1. The van der Waals surface area contributed by atoms with Crippen LogP contribution in [0.3, 0.4) is 0 Å². The van der Waals surface area contributed by atoms with Crippen molar-refractivity contribution in [1.29, 1.82) is 0 Å². The summed E-state index contributed by atoms with van der Waals surface area (Å²) in [4.78, 5) is 0. The van der Waals surface area contributed by atoms with Crippen molar-refractivity contribution >= 4 is 8.32 Å². The van der Waals surface area contributed by atoms with Gasteiger partial charge in [-0.1, -0.05) is 12.1 Å². The molecule has 1 fully saturated rings. The van der Waals surface area contributed by atoms with E-state index in [9.17, 15) is 0 Å². The van der Waals surface area contributed by atoms with Crippen LogP contribution in [0.5, 0.6) is 5.75 Å². The van der Waals surface area contributed by atoms with Gasteiger partial charge in [0.1, 0.15) is 5.75 Å². The molecule has 0 bridgehead atoms. The second-order valence-electron chi connectivity index (χ2n) is 6.40. The van der Waals surface area contributed by atoms with Gasteiger partial charge in [0.05, 0.1) is 0 Å². The van der Waals surface area contributed by atoms with Gasteiger partial charge in [-0.2, -0.15) is 0 Å². The largest absolute Gasteiger partial charge is 0.544 e. The number of nitrogens with two attached hydrogens (primary N) is 1. The molecule has 19 heavy (non-hydrogen) atoms. The molecule has 0 aliphatic carbocycles. The molecular weight excluding hydrogens is 252 g/mol. The van der Waals surface area contributed by atoms with E-state index in [1.165, 1.54) is 18.4 Å². The fraction of sp³-hybridized carbons (Fsp3) is 0.600. The first-order chi connectivity index (χ1) is 8.96. The lowest BCUT2D eigenvalue weighted by Crippen LogP contribution is -2.33. The average Bonchev–Trinajstić information content (AvgIpc) is 2.38. The van der Waals surface area contributed by atoms with Gasteiger partial charge in [-0.25, -0.2) is 0 Å². The smallest absolute Gasteiger partial charge is 0.242 e. The van der Waals surface area contributed by atoms with Crippen LogP contribution >= 0.6 is 0 Å². The molecule has 106 valence electrons. The third-order valence-corrected chi connectivity index (χ3v) is 4.43. The van der Waals surface area contributed by atoms with Crippen LogP contribution in [0.15, 0.2) is 24.3 Å². The molecule has 1 heterocycles. The fourth-order valence-electron chi connectivity index (χ4n) is 2.59. The number of hydrogen-bond acceptors (Lipinski definition) is 3. The lowest BCUT2D eigenvalue weighted by atomic mass is 9.87. The molecule has 1 saturated heterocycles. The Balaban J connectivity index is 2.01. The average molecular weight is 278 g/mol. The van der Waals surface area contributed by atoms with Gasteiger partial charge >= 0.3 is 0 Å². The Bertz CT molecular complexity index is 394. The van der Waals surface area contributed by atoms with E-state index in [1.807, 2.05) is 0 Å². The van der Waals surface area contributed by atoms with Crippen molar-refractivity contribution in [3.8, 4) is 5.75 Å². The Kier molecular flexibility index (Phi) is 4.65. The molecule has 1 aromatic rings. The lowest BCUT2D eigenvalue weighted by Gasteiger charge is -2.28. The summed E-state index contributed by atoms with van der Waals surface area (Å²) in [7, 11) is -1.51. The molecule has 3 nitrogen and oxygen atoms in total. The second kappa shape index (κ2) is 6.07. The fourth-order valence-corrected chi connectivity index (χ4v) is 3.43. The molecule has 1 aromatic carbocycles. The molecule has 1 aliphatic rings. The van der Waals surface area contributed by atoms with Crippen LogP contribution < -0.4 is 15.5 Å². The van der Waals surface area contributed by atoms with Crippen LogP contribution in [-0.4, -0.2) is 21.4 Å². The Hall–Kier alpha value is -0.843. The van der Waals surface area contributed by atoms with E-state index in [0.717, 1.165) is 18.8 Å². The molecule has 1 aliphatic heterocycles. The van der Waals surface area contributed by atoms with E-state index in [0.29, 0.717) is 5.92 Å². The third kappa shape index (κ3) is 4.33. The third-order valence-electron chi connectivity index (χ3n) is 3.58. The first-order valence-electron chi connectivity index (χ1n) is 7.21. The summed E-state index contributed by atoms with van der Waals surface area (Å²) in [6.07, 6.45) is 2.35. The van der Waals surface area contributed by atoms with E-state index < -0.39 is 8.32 Å². The highest BCUT2D eigenvalue weighted by atomic mass is 28.4. The minimum Gasteiger partial charge on any atom is -0.544 e. The van der Waals surface area contributed by atoms with E-state index in [2.05, 4.69) is 49.2 Å². The Morgan fingerprint density at radius 3 is 2.26 bits per heavy atom. The number of rotatable bonds is 4. The maximum atomic E-state index is 6.39.